The molecule has 0 saturated carbocycles. The van der Waals surface area contributed by atoms with Crippen molar-refractivity contribution in [3.8, 4) is 0 Å². The zero-order valence-electron chi connectivity index (χ0n) is 11.6. The molecule has 1 N–H and O–H groups in total. The molecule has 0 spiro atoms. The van der Waals surface area contributed by atoms with E-state index < -0.39 is 0 Å². The lowest BCUT2D eigenvalue weighted by Crippen LogP contribution is -2.15. The summed E-state index contributed by atoms with van der Waals surface area (Å²) >= 11 is 0. The number of rotatable bonds is 4. The molecule has 1 aromatic carbocycles. The smallest absolute Gasteiger partial charge is 0.226 e. The lowest BCUT2D eigenvalue weighted by Gasteiger charge is -2.06. The van der Waals surface area contributed by atoms with E-state index in [9.17, 15) is 4.79 Å². The fourth-order valence-corrected chi connectivity index (χ4v) is 1.97. The molecule has 0 radical (unpaired) electrons. The Kier molecular flexibility index (Phi) is 4.00. The Morgan fingerprint density at radius 3 is 2.47 bits per heavy atom. The van der Waals surface area contributed by atoms with Gasteiger partial charge in [-0.05, 0) is 39.0 Å². The van der Waals surface area contributed by atoms with Gasteiger partial charge in [0.1, 0.15) is 0 Å². The summed E-state index contributed by atoms with van der Waals surface area (Å²) in [6, 6.07) is 9.80. The standard InChI is InChI=1S/C15H19N3O/c1-11-4-6-14(7-5-11)16-15(19)8-9-18-13(3)10-12(2)17-18/h4-7,10H,8-9H2,1-3H3,(H,16,19). The molecule has 0 aliphatic heterocycles. The Morgan fingerprint density at radius 1 is 1.21 bits per heavy atom. The van der Waals surface area contributed by atoms with Gasteiger partial charge in [0.05, 0.1) is 5.69 Å². The van der Waals surface area contributed by atoms with Gasteiger partial charge in [0, 0.05) is 24.3 Å². The van der Waals surface area contributed by atoms with Crippen LogP contribution in [0, 0.1) is 20.8 Å². The molecule has 19 heavy (non-hydrogen) atoms. The number of anilines is 1. The monoisotopic (exact) mass is 257 g/mol. The van der Waals surface area contributed by atoms with Crippen LogP contribution in [0.25, 0.3) is 0 Å². The topological polar surface area (TPSA) is 46.9 Å². The third-order valence-electron chi connectivity index (χ3n) is 2.99. The lowest BCUT2D eigenvalue weighted by atomic mass is 10.2. The van der Waals surface area contributed by atoms with Crippen LogP contribution >= 0.6 is 0 Å². The average molecular weight is 257 g/mol. The molecule has 1 amide bonds. The maximum atomic E-state index is 11.8. The number of nitrogens with one attached hydrogen (secondary N) is 1. The van der Waals surface area contributed by atoms with Gasteiger partial charge >= 0.3 is 0 Å². The van der Waals surface area contributed by atoms with E-state index in [1.54, 1.807) is 0 Å². The van der Waals surface area contributed by atoms with E-state index >= 15 is 0 Å². The first-order valence-electron chi connectivity index (χ1n) is 6.42. The zero-order chi connectivity index (χ0) is 13.8. The van der Waals surface area contributed by atoms with Gasteiger partial charge in [-0.3, -0.25) is 9.48 Å². The summed E-state index contributed by atoms with van der Waals surface area (Å²) in [5.41, 5.74) is 4.08. The highest BCUT2D eigenvalue weighted by Gasteiger charge is 2.05. The van der Waals surface area contributed by atoms with Gasteiger partial charge in [0.2, 0.25) is 5.91 Å². The first kappa shape index (κ1) is 13.3. The van der Waals surface area contributed by atoms with Crippen LogP contribution in [-0.2, 0) is 11.3 Å². The van der Waals surface area contributed by atoms with E-state index in [4.69, 9.17) is 0 Å². The van der Waals surface area contributed by atoms with Crippen LogP contribution in [0.2, 0.25) is 0 Å². The van der Waals surface area contributed by atoms with Crippen LogP contribution in [-0.4, -0.2) is 15.7 Å². The van der Waals surface area contributed by atoms with Crippen LogP contribution in [0.5, 0.6) is 0 Å². The number of nitrogens with zero attached hydrogens (tertiary/aromatic N) is 2. The van der Waals surface area contributed by atoms with Gasteiger partial charge in [-0.2, -0.15) is 5.10 Å². The van der Waals surface area contributed by atoms with Crippen molar-refractivity contribution in [2.45, 2.75) is 33.7 Å². The summed E-state index contributed by atoms with van der Waals surface area (Å²) < 4.78 is 1.87. The molecule has 0 aliphatic carbocycles. The van der Waals surface area contributed by atoms with Crippen molar-refractivity contribution in [3.63, 3.8) is 0 Å². The fourth-order valence-electron chi connectivity index (χ4n) is 1.97. The van der Waals surface area contributed by atoms with Gasteiger partial charge < -0.3 is 5.32 Å². The van der Waals surface area contributed by atoms with Crippen LogP contribution < -0.4 is 5.32 Å². The molecule has 0 unspecified atom stereocenters. The summed E-state index contributed by atoms with van der Waals surface area (Å²) in [6.07, 6.45) is 0.426. The molecule has 0 fully saturated rings. The van der Waals surface area contributed by atoms with Crippen LogP contribution in [0.1, 0.15) is 23.4 Å². The van der Waals surface area contributed by atoms with Crippen molar-refractivity contribution < 1.29 is 4.79 Å². The summed E-state index contributed by atoms with van der Waals surface area (Å²) in [5.74, 6) is 0.0106. The minimum Gasteiger partial charge on any atom is -0.326 e. The molecule has 4 heteroatoms. The van der Waals surface area contributed by atoms with Crippen molar-refractivity contribution >= 4 is 11.6 Å². The second-order valence-electron chi connectivity index (χ2n) is 4.81. The van der Waals surface area contributed by atoms with Gasteiger partial charge in [-0.1, -0.05) is 17.7 Å². The van der Waals surface area contributed by atoms with E-state index in [0.717, 1.165) is 17.1 Å². The normalized spacial score (nSPS) is 10.5. The van der Waals surface area contributed by atoms with Gasteiger partial charge in [0.15, 0.2) is 0 Å². The third-order valence-corrected chi connectivity index (χ3v) is 2.99. The molecular weight excluding hydrogens is 238 g/mol. The Balaban J connectivity index is 1.88. The van der Waals surface area contributed by atoms with E-state index in [-0.39, 0.29) is 5.91 Å². The van der Waals surface area contributed by atoms with Crippen LogP contribution in [0.3, 0.4) is 0 Å². The Hall–Kier alpha value is -2.10. The minimum absolute atomic E-state index is 0.0106. The molecule has 0 aliphatic rings. The summed E-state index contributed by atoms with van der Waals surface area (Å²) in [7, 11) is 0. The Labute approximate surface area is 113 Å². The van der Waals surface area contributed by atoms with Crippen molar-refractivity contribution in [1.82, 2.24) is 9.78 Å². The van der Waals surface area contributed by atoms with E-state index in [2.05, 4.69) is 10.4 Å². The van der Waals surface area contributed by atoms with Gasteiger partial charge in [-0.25, -0.2) is 0 Å². The van der Waals surface area contributed by atoms with Gasteiger partial charge in [-0.15, -0.1) is 0 Å². The maximum absolute atomic E-state index is 11.8. The minimum atomic E-state index is 0.0106. The molecule has 1 heterocycles. The van der Waals surface area contributed by atoms with Crippen molar-refractivity contribution in [3.05, 3.63) is 47.3 Å². The van der Waals surface area contributed by atoms with Crippen molar-refractivity contribution in [2.24, 2.45) is 0 Å². The first-order valence-corrected chi connectivity index (χ1v) is 6.42. The molecular formula is C15H19N3O. The largest absolute Gasteiger partial charge is 0.326 e. The van der Waals surface area contributed by atoms with Gasteiger partial charge in [0.25, 0.3) is 0 Å². The van der Waals surface area contributed by atoms with Crippen LogP contribution in [0.4, 0.5) is 5.69 Å². The maximum Gasteiger partial charge on any atom is 0.226 e. The number of benzene rings is 1. The van der Waals surface area contributed by atoms with Crippen molar-refractivity contribution in [2.75, 3.05) is 5.32 Å². The molecule has 2 rings (SSSR count). The number of hydrogen-bond acceptors (Lipinski definition) is 2. The number of aryl methyl sites for hydroxylation is 4. The molecule has 0 atom stereocenters. The highest BCUT2D eigenvalue weighted by atomic mass is 16.1. The average Bonchev–Trinajstić information content (AvgIpc) is 2.68. The molecule has 4 nitrogen and oxygen atoms in total. The van der Waals surface area contributed by atoms with E-state index in [0.29, 0.717) is 13.0 Å². The summed E-state index contributed by atoms with van der Waals surface area (Å²) in [6.45, 7) is 6.58. The quantitative estimate of drug-likeness (QED) is 0.915. The molecule has 100 valence electrons. The second-order valence-corrected chi connectivity index (χ2v) is 4.81. The number of carbonyl (C=O) groups is 1. The third kappa shape index (κ3) is 3.68. The molecule has 0 saturated heterocycles. The number of aromatic nitrogens is 2. The van der Waals surface area contributed by atoms with Crippen molar-refractivity contribution in [1.29, 1.82) is 0 Å². The molecule has 1 aromatic heterocycles. The highest BCUT2D eigenvalue weighted by Crippen LogP contribution is 2.09. The number of carbonyl (C=O) groups excluding carboxylic acids is 1. The first-order chi connectivity index (χ1) is 9.04. The lowest BCUT2D eigenvalue weighted by molar-refractivity contribution is -0.116. The van der Waals surface area contributed by atoms with E-state index in [1.807, 2.05) is 55.8 Å². The predicted octanol–water partition coefficient (Wildman–Crippen LogP) is 2.84. The fraction of sp³-hybridized carbons (Fsp3) is 0.333. The molecule has 2 aromatic rings. The Morgan fingerprint density at radius 2 is 1.89 bits per heavy atom. The highest BCUT2D eigenvalue weighted by molar-refractivity contribution is 5.90. The number of amides is 1. The SMILES string of the molecule is Cc1ccc(NC(=O)CCn2nc(C)cc2C)cc1. The van der Waals surface area contributed by atoms with E-state index in [1.165, 1.54) is 5.56 Å². The molecule has 0 bridgehead atoms. The summed E-state index contributed by atoms with van der Waals surface area (Å²) in [5, 5.41) is 7.22. The Bertz CT molecular complexity index is 570. The van der Waals surface area contributed by atoms with Crippen LogP contribution in [0.15, 0.2) is 30.3 Å². The zero-order valence-corrected chi connectivity index (χ0v) is 11.6. The predicted molar refractivity (Wildman–Crippen MR) is 76.1 cm³/mol. The summed E-state index contributed by atoms with van der Waals surface area (Å²) in [4.78, 5) is 11.8. The number of hydrogen-bond donors (Lipinski definition) is 1. The second kappa shape index (κ2) is 5.69.